The lowest BCUT2D eigenvalue weighted by molar-refractivity contribution is -0.149. The highest BCUT2D eigenvalue weighted by atomic mass is 15.1. The van der Waals surface area contributed by atoms with Crippen LogP contribution in [0.3, 0.4) is 0 Å². The van der Waals surface area contributed by atoms with Crippen LogP contribution in [-0.2, 0) is 5.41 Å². The van der Waals surface area contributed by atoms with E-state index < -0.39 is 0 Å². The smallest absolute Gasteiger partial charge is 0.0562 e. The van der Waals surface area contributed by atoms with Crippen LogP contribution in [0.15, 0.2) is 194 Å². The van der Waals surface area contributed by atoms with Gasteiger partial charge in [0.2, 0.25) is 0 Å². The number of fused-ring (bicyclic) bond motifs is 9. The summed E-state index contributed by atoms with van der Waals surface area (Å²) in [7, 11) is 0. The van der Waals surface area contributed by atoms with Gasteiger partial charge in [-0.05, 0) is 155 Å². The molecule has 1 spiro atoms. The second kappa shape index (κ2) is 12.7. The van der Waals surface area contributed by atoms with Crippen LogP contribution < -0.4 is 4.90 Å². The SMILES string of the molecule is c1ccc(N(c2ccc(-c3cccc(-c4cccc5c4-c4ccccc4C54CCC5CC6CC4C56)c3)cc2)c2cccc3c2c2ccccc2n3-c2ccccc2)cc1. The standard InChI is InChI=1S/C57H44N2/c1-3-16-42(17-4-1)58(52-26-13-27-53-56(52)47-21-8-10-25-51(47)59(53)43-18-5-2-6-19-43)44-30-28-37(29-31-44)38-14-11-15-39(34-38)45-22-12-24-49-55(45)46-20-7-9-23-48(46)57(49)33-32-40-35-41-36-50(57)54(40)41/h1-31,34,40-41,50,54H,32-33,35-36H2. The zero-order chi connectivity index (χ0) is 38.7. The Morgan fingerprint density at radius 3 is 2.03 bits per heavy atom. The topological polar surface area (TPSA) is 8.17 Å². The molecular formula is C57H44N2. The molecule has 8 aromatic carbocycles. The number of anilines is 3. The van der Waals surface area contributed by atoms with Gasteiger partial charge in [-0.15, -0.1) is 0 Å². The van der Waals surface area contributed by atoms with Crippen LogP contribution in [0, 0.1) is 23.7 Å². The Morgan fingerprint density at radius 2 is 1.17 bits per heavy atom. The summed E-state index contributed by atoms with van der Waals surface area (Å²) in [6.07, 6.45) is 5.59. The van der Waals surface area contributed by atoms with E-state index in [1.165, 1.54) is 80.9 Å². The zero-order valence-electron chi connectivity index (χ0n) is 33.0. The van der Waals surface area contributed by atoms with Crippen LogP contribution in [0.5, 0.6) is 0 Å². The Morgan fingerprint density at radius 1 is 0.492 bits per heavy atom. The Hall–Kier alpha value is -6.64. The first kappa shape index (κ1) is 33.3. The molecule has 3 fully saturated rings. The van der Waals surface area contributed by atoms with Crippen molar-refractivity contribution < 1.29 is 0 Å². The molecule has 4 aliphatic carbocycles. The van der Waals surface area contributed by atoms with Gasteiger partial charge in [0.05, 0.1) is 16.7 Å². The van der Waals surface area contributed by atoms with Crippen molar-refractivity contribution in [2.75, 3.05) is 4.90 Å². The molecule has 0 aliphatic heterocycles. The van der Waals surface area contributed by atoms with Crippen molar-refractivity contribution in [1.82, 2.24) is 4.57 Å². The van der Waals surface area contributed by atoms with Gasteiger partial charge in [-0.25, -0.2) is 0 Å². The number of benzene rings is 8. The first-order chi connectivity index (χ1) is 29.3. The lowest BCUT2D eigenvalue weighted by Crippen LogP contribution is -2.62. The van der Waals surface area contributed by atoms with Gasteiger partial charge >= 0.3 is 0 Å². The summed E-state index contributed by atoms with van der Waals surface area (Å²) in [5, 5.41) is 2.48. The normalized spacial score (nSPS) is 22.0. The van der Waals surface area contributed by atoms with Crippen molar-refractivity contribution in [3.63, 3.8) is 0 Å². The quantitative estimate of drug-likeness (QED) is 0.164. The summed E-state index contributed by atoms with van der Waals surface area (Å²) >= 11 is 0. The zero-order valence-corrected chi connectivity index (χ0v) is 33.0. The van der Waals surface area contributed by atoms with Gasteiger partial charge in [-0.2, -0.15) is 0 Å². The van der Waals surface area contributed by atoms with E-state index in [2.05, 4.69) is 204 Å². The van der Waals surface area contributed by atoms with Crippen LogP contribution in [0.2, 0.25) is 0 Å². The number of hydrogen-bond acceptors (Lipinski definition) is 1. The van der Waals surface area contributed by atoms with E-state index in [0.717, 1.165) is 46.4 Å². The van der Waals surface area contributed by atoms with Gasteiger partial charge < -0.3 is 9.47 Å². The van der Waals surface area contributed by atoms with Crippen molar-refractivity contribution in [1.29, 1.82) is 0 Å². The van der Waals surface area contributed by atoms with Crippen molar-refractivity contribution in [2.45, 2.75) is 31.1 Å². The molecule has 0 amide bonds. The Bertz CT molecular complexity index is 3090. The van der Waals surface area contributed by atoms with Crippen molar-refractivity contribution in [3.05, 3.63) is 205 Å². The first-order valence-corrected chi connectivity index (χ1v) is 21.6. The molecule has 0 saturated heterocycles. The molecule has 0 N–H and O–H groups in total. The molecule has 1 heterocycles. The molecule has 59 heavy (non-hydrogen) atoms. The van der Waals surface area contributed by atoms with E-state index in [-0.39, 0.29) is 5.41 Å². The largest absolute Gasteiger partial charge is 0.310 e. The third-order valence-electron chi connectivity index (χ3n) is 15.1. The Balaban J connectivity index is 0.910. The number of aromatic nitrogens is 1. The Kier molecular flexibility index (Phi) is 7.17. The third-order valence-corrected chi connectivity index (χ3v) is 15.1. The molecule has 2 heteroatoms. The molecule has 5 atom stereocenters. The first-order valence-electron chi connectivity index (χ1n) is 21.6. The van der Waals surface area contributed by atoms with Crippen LogP contribution in [0.4, 0.5) is 17.1 Å². The lowest BCUT2D eigenvalue weighted by Gasteiger charge is -2.68. The fourth-order valence-corrected chi connectivity index (χ4v) is 12.6. The third kappa shape index (κ3) is 4.69. The minimum atomic E-state index is 0.179. The van der Waals surface area contributed by atoms with Crippen LogP contribution in [0.25, 0.3) is 60.9 Å². The van der Waals surface area contributed by atoms with Gasteiger partial charge in [0.25, 0.3) is 0 Å². The summed E-state index contributed by atoms with van der Waals surface area (Å²) in [6, 6.07) is 72.2. The van der Waals surface area contributed by atoms with Crippen LogP contribution in [0.1, 0.15) is 36.8 Å². The van der Waals surface area contributed by atoms with Gasteiger partial charge in [0.15, 0.2) is 0 Å². The average molecular weight is 757 g/mol. The average Bonchev–Trinajstić information content (AvgIpc) is 3.78. The van der Waals surface area contributed by atoms with Gasteiger partial charge in [0.1, 0.15) is 0 Å². The monoisotopic (exact) mass is 756 g/mol. The van der Waals surface area contributed by atoms with Crippen molar-refractivity contribution in [3.8, 4) is 39.1 Å². The minimum absolute atomic E-state index is 0.179. The summed E-state index contributed by atoms with van der Waals surface area (Å²) in [6.45, 7) is 0. The summed E-state index contributed by atoms with van der Waals surface area (Å²) in [5.41, 5.74) is 18.4. The summed E-state index contributed by atoms with van der Waals surface area (Å²) < 4.78 is 2.40. The van der Waals surface area contributed by atoms with Crippen molar-refractivity contribution in [2.24, 2.45) is 23.7 Å². The number of hydrogen-bond donors (Lipinski definition) is 0. The van der Waals surface area contributed by atoms with E-state index in [9.17, 15) is 0 Å². The summed E-state index contributed by atoms with van der Waals surface area (Å²) in [4.78, 5) is 2.42. The molecule has 9 aromatic rings. The second-order valence-electron chi connectivity index (χ2n) is 17.6. The van der Waals surface area contributed by atoms with Gasteiger partial charge in [0, 0.05) is 33.2 Å². The molecule has 0 radical (unpaired) electrons. The number of para-hydroxylation sites is 3. The van der Waals surface area contributed by atoms with E-state index in [1.807, 2.05) is 0 Å². The molecule has 3 saturated carbocycles. The summed E-state index contributed by atoms with van der Waals surface area (Å²) in [5.74, 6) is 3.70. The molecule has 0 bridgehead atoms. The highest BCUT2D eigenvalue weighted by Crippen LogP contribution is 2.73. The molecule has 4 aliphatic rings. The Labute approximate surface area is 346 Å². The van der Waals surface area contributed by atoms with E-state index in [1.54, 1.807) is 11.1 Å². The highest BCUT2D eigenvalue weighted by Gasteiger charge is 2.65. The molecule has 2 nitrogen and oxygen atoms in total. The van der Waals surface area contributed by atoms with Gasteiger partial charge in [-0.1, -0.05) is 133 Å². The lowest BCUT2D eigenvalue weighted by atomic mass is 9.36. The maximum absolute atomic E-state index is 2.49. The van der Waals surface area contributed by atoms with Crippen LogP contribution >= 0.6 is 0 Å². The highest BCUT2D eigenvalue weighted by molar-refractivity contribution is 6.16. The maximum atomic E-state index is 2.49. The minimum Gasteiger partial charge on any atom is -0.310 e. The van der Waals surface area contributed by atoms with Crippen LogP contribution in [-0.4, -0.2) is 4.57 Å². The van der Waals surface area contributed by atoms with Gasteiger partial charge in [-0.3, -0.25) is 0 Å². The molecule has 1 aromatic heterocycles. The van der Waals surface area contributed by atoms with Crippen molar-refractivity contribution >= 4 is 38.9 Å². The molecular weight excluding hydrogens is 713 g/mol. The predicted molar refractivity (Wildman–Crippen MR) is 245 cm³/mol. The van der Waals surface area contributed by atoms with E-state index in [4.69, 9.17) is 0 Å². The molecule has 282 valence electrons. The fourth-order valence-electron chi connectivity index (χ4n) is 12.6. The number of nitrogens with zero attached hydrogens (tertiary/aromatic N) is 2. The predicted octanol–water partition coefficient (Wildman–Crippen LogP) is 14.9. The van der Waals surface area contributed by atoms with E-state index in [0.29, 0.717) is 0 Å². The molecule has 13 rings (SSSR count). The van der Waals surface area contributed by atoms with E-state index >= 15 is 0 Å². The fraction of sp³-hybridized carbons (Fsp3) is 0.158. The maximum Gasteiger partial charge on any atom is 0.0562 e. The molecule has 5 unspecified atom stereocenters. The number of rotatable bonds is 6. The second-order valence-corrected chi connectivity index (χ2v) is 17.6.